The second kappa shape index (κ2) is 6.79. The molecule has 0 N–H and O–H groups in total. The molecule has 0 aliphatic rings. The van der Waals surface area contributed by atoms with Crippen molar-refractivity contribution in [3.05, 3.63) is 23.1 Å². The fourth-order valence-corrected chi connectivity index (χ4v) is 0.574. The zero-order valence-electron chi connectivity index (χ0n) is 6.77. The van der Waals surface area contributed by atoms with Crippen LogP contribution in [0.25, 0.3) is 5.41 Å². The van der Waals surface area contributed by atoms with Gasteiger partial charge in [-0.15, -0.1) is 0 Å². The minimum Gasteiger partial charge on any atom is -0.772 e. The first kappa shape index (κ1) is 14.8. The van der Waals surface area contributed by atoms with Crippen molar-refractivity contribution >= 4 is 5.90 Å². The number of ether oxygens (including phenoxy) is 1. The average molecular weight is 426 g/mol. The van der Waals surface area contributed by atoms with E-state index in [1.807, 2.05) is 0 Å². The van der Waals surface area contributed by atoms with Crippen molar-refractivity contribution in [3.63, 3.8) is 0 Å². The van der Waals surface area contributed by atoms with Gasteiger partial charge in [0, 0.05) is 49.7 Å². The second-order valence-electron chi connectivity index (χ2n) is 1.84. The number of methoxy groups -OCH3 is 1. The third kappa shape index (κ3) is 3.82. The van der Waals surface area contributed by atoms with Gasteiger partial charge in [0.15, 0.2) is 0 Å². The van der Waals surface area contributed by atoms with E-state index in [9.17, 15) is 0 Å². The fraction of sp³-hybridized carbons (Fsp3) is 0.333. The molecular formula is C6H7N3OUV-2. The van der Waals surface area contributed by atoms with Crippen LogP contribution in [0.3, 0.4) is 0 Å². The van der Waals surface area contributed by atoms with E-state index in [-0.39, 0.29) is 61.4 Å². The summed E-state index contributed by atoms with van der Waals surface area (Å²) in [5, 5.41) is 8.91. The van der Waals surface area contributed by atoms with E-state index in [0.29, 0.717) is 0 Å². The van der Waals surface area contributed by atoms with Crippen LogP contribution in [0.4, 0.5) is 0 Å². The Morgan fingerprint density at radius 2 is 2.25 bits per heavy atom. The Hall–Kier alpha value is 0.316. The van der Waals surface area contributed by atoms with E-state index in [2.05, 4.69) is 14.7 Å². The van der Waals surface area contributed by atoms with Crippen LogP contribution in [0.15, 0.2) is 6.20 Å². The van der Waals surface area contributed by atoms with Gasteiger partial charge >= 0.3 is 0 Å². The summed E-state index contributed by atoms with van der Waals surface area (Å²) in [7, 11) is 1.36. The molecule has 0 bridgehead atoms. The minimum absolute atomic E-state index is 0. The number of nitrogens with zero attached hydrogens (tertiary/aromatic N) is 3. The van der Waals surface area contributed by atoms with Gasteiger partial charge in [0.05, 0.1) is 7.11 Å². The Balaban J connectivity index is 0. The molecule has 12 heavy (non-hydrogen) atoms. The predicted molar refractivity (Wildman–Crippen MR) is 36.8 cm³/mol. The Morgan fingerprint density at radius 1 is 1.67 bits per heavy atom. The molecule has 0 aliphatic heterocycles. The average Bonchev–Trinajstić information content (AvgIpc) is 2.34. The standard InChI is InChI=1S/C6H7N3O.U.V/c1-4-3-8-6(9-4)5(7)10-2;;/h3H,1-2H3;;/q-2;;. The van der Waals surface area contributed by atoms with Crippen molar-refractivity contribution in [2.75, 3.05) is 7.11 Å². The molecule has 1 heterocycles. The van der Waals surface area contributed by atoms with Gasteiger partial charge in [-0.25, -0.2) is 0 Å². The molecule has 0 aliphatic carbocycles. The SMILES string of the molecule is COC(=[N-])c1ncc(C)[n-]1.[U].[V]. The van der Waals surface area contributed by atoms with Gasteiger partial charge in [0.1, 0.15) is 0 Å². The summed E-state index contributed by atoms with van der Waals surface area (Å²) in [6.07, 6.45) is 1.56. The van der Waals surface area contributed by atoms with Gasteiger partial charge < -0.3 is 20.1 Å². The summed E-state index contributed by atoms with van der Waals surface area (Å²) in [6, 6.07) is 0. The largest absolute Gasteiger partial charge is 0.772 e. The van der Waals surface area contributed by atoms with Crippen LogP contribution in [0.1, 0.15) is 11.5 Å². The first-order chi connectivity index (χ1) is 4.74. The van der Waals surface area contributed by atoms with E-state index in [1.165, 1.54) is 7.11 Å². The number of hydrogen-bond acceptors (Lipinski definition) is 2. The minimum atomic E-state index is -0.242. The monoisotopic (exact) mass is 426 g/mol. The molecule has 0 fully saturated rings. The molecule has 0 atom stereocenters. The molecule has 0 spiro atoms. The van der Waals surface area contributed by atoms with Crippen LogP contribution in [-0.2, 0) is 23.3 Å². The van der Waals surface area contributed by atoms with E-state index < -0.39 is 0 Å². The second-order valence-corrected chi connectivity index (χ2v) is 1.84. The molecule has 0 saturated carbocycles. The summed E-state index contributed by atoms with van der Waals surface area (Å²) >= 11 is 0. The maximum Gasteiger partial charge on any atom is 0.0747 e. The van der Waals surface area contributed by atoms with E-state index >= 15 is 0 Å². The van der Waals surface area contributed by atoms with Crippen LogP contribution in [0.2, 0.25) is 0 Å². The van der Waals surface area contributed by atoms with Crippen LogP contribution in [0, 0.1) is 38.0 Å². The predicted octanol–water partition coefficient (Wildman–Crippen LogP) is 0.307. The number of rotatable bonds is 1. The van der Waals surface area contributed by atoms with Crippen molar-refractivity contribution in [1.82, 2.24) is 9.97 Å². The molecule has 0 aromatic carbocycles. The Kier molecular flexibility index (Phi) is 8.39. The molecular weight excluding hydrogens is 419 g/mol. The number of aryl methyl sites for hydroxylation is 1. The third-order valence-electron chi connectivity index (χ3n) is 1.04. The zero-order chi connectivity index (χ0) is 7.56. The van der Waals surface area contributed by atoms with Crippen molar-refractivity contribution in [1.29, 1.82) is 0 Å². The normalized spacial score (nSPS) is 7.83. The topological polar surface area (TPSA) is 58.5 Å². The van der Waals surface area contributed by atoms with Gasteiger partial charge in [-0.05, 0) is 18.6 Å². The number of hydrogen-bond donors (Lipinski definition) is 0. The smallest absolute Gasteiger partial charge is 0.0747 e. The summed E-state index contributed by atoms with van der Waals surface area (Å²) in [4.78, 5) is 7.62. The number of aromatic nitrogens is 2. The van der Waals surface area contributed by atoms with Crippen molar-refractivity contribution in [2.45, 2.75) is 6.92 Å². The first-order valence-electron chi connectivity index (χ1n) is 2.80. The van der Waals surface area contributed by atoms with Crippen molar-refractivity contribution in [3.8, 4) is 0 Å². The van der Waals surface area contributed by atoms with E-state index in [4.69, 9.17) is 5.41 Å². The van der Waals surface area contributed by atoms with Gasteiger partial charge in [-0.2, -0.15) is 0 Å². The molecule has 1 aromatic rings. The first-order valence-corrected chi connectivity index (χ1v) is 2.80. The van der Waals surface area contributed by atoms with E-state index in [0.717, 1.165) is 5.69 Å². The van der Waals surface area contributed by atoms with Gasteiger partial charge in [-0.1, -0.05) is 11.9 Å². The molecule has 1 aromatic heterocycles. The molecule has 6 heteroatoms. The summed E-state index contributed by atoms with van der Waals surface area (Å²) in [5.41, 5.74) is 0.763. The fourth-order valence-electron chi connectivity index (χ4n) is 0.574. The van der Waals surface area contributed by atoms with Gasteiger partial charge in [0.25, 0.3) is 0 Å². The molecule has 1 radical (unpaired) electrons. The number of imidazole rings is 1. The van der Waals surface area contributed by atoms with Crippen molar-refractivity contribution in [2.24, 2.45) is 0 Å². The maximum absolute atomic E-state index is 8.91. The molecule has 1 rings (SSSR count). The molecule has 0 amide bonds. The molecule has 0 saturated heterocycles. The molecule has 4 nitrogen and oxygen atoms in total. The zero-order valence-corrected chi connectivity index (χ0v) is 12.3. The van der Waals surface area contributed by atoms with Crippen molar-refractivity contribution < 1.29 is 54.4 Å². The Labute approximate surface area is 107 Å². The molecule has 63 valence electrons. The Bertz CT molecular complexity index is 251. The van der Waals surface area contributed by atoms with Crippen LogP contribution in [-0.4, -0.2) is 18.0 Å². The maximum atomic E-state index is 8.91. The summed E-state index contributed by atoms with van der Waals surface area (Å²) < 4.78 is 4.50. The van der Waals surface area contributed by atoms with Crippen LogP contribution >= 0.6 is 0 Å². The Morgan fingerprint density at radius 3 is 2.58 bits per heavy atom. The van der Waals surface area contributed by atoms with Gasteiger partial charge in [-0.3, -0.25) is 0 Å². The molecule has 0 unspecified atom stereocenters. The van der Waals surface area contributed by atoms with Crippen LogP contribution < -0.4 is 4.98 Å². The summed E-state index contributed by atoms with van der Waals surface area (Å²) in [5.74, 6) is -0.00639. The third-order valence-corrected chi connectivity index (χ3v) is 1.04. The van der Waals surface area contributed by atoms with Gasteiger partial charge in [0.2, 0.25) is 0 Å². The summed E-state index contributed by atoms with van der Waals surface area (Å²) in [6.45, 7) is 1.79. The van der Waals surface area contributed by atoms with Crippen LogP contribution in [0.5, 0.6) is 0 Å². The quantitative estimate of drug-likeness (QED) is 0.480. The van der Waals surface area contributed by atoms with E-state index in [1.54, 1.807) is 13.1 Å².